The fourth-order valence-electron chi connectivity index (χ4n) is 0.312. The molecule has 8 heavy (non-hydrogen) atoms. The largest absolute Gasteiger partial charge is 0.336 e. The van der Waals surface area contributed by atoms with E-state index in [0.29, 0.717) is 5.88 Å². The average molecular weight is 126 g/mol. The first-order valence-corrected chi connectivity index (χ1v) is 2.33. The molecule has 4 heteroatoms. The summed E-state index contributed by atoms with van der Waals surface area (Å²) >= 11 is 4.30. The lowest BCUT2D eigenvalue weighted by molar-refractivity contribution is 0.430. The van der Waals surface area contributed by atoms with Gasteiger partial charge in [0, 0.05) is 6.07 Å². The van der Waals surface area contributed by atoms with Crippen LogP contribution in [-0.4, -0.2) is 10.3 Å². The van der Waals surface area contributed by atoms with Gasteiger partial charge in [-0.15, -0.1) is 0 Å². The van der Waals surface area contributed by atoms with Crippen molar-refractivity contribution in [3.05, 3.63) is 12.3 Å². The lowest BCUT2D eigenvalue weighted by atomic mass is 10.7. The fraction of sp³-hybridized carbons (Fsp3) is 0. The van der Waals surface area contributed by atoms with Crippen LogP contribution in [-0.2, 0) is 0 Å². The van der Waals surface area contributed by atoms with E-state index in [9.17, 15) is 0 Å². The Bertz CT molecular complexity index is 200. The smallest absolute Gasteiger partial charge is 0.259 e. The maximum atomic E-state index is 4.53. The molecule has 0 fully saturated rings. The molecule has 40 valence electrons. The minimum Gasteiger partial charge on any atom is -0.336 e. The van der Waals surface area contributed by atoms with E-state index in [1.165, 1.54) is 6.20 Å². The zero-order valence-electron chi connectivity index (χ0n) is 3.87. The molecule has 0 aliphatic rings. The SMILES string of the molecule is S=C=Nc1ccno1. The minimum atomic E-state index is 0.389. The van der Waals surface area contributed by atoms with E-state index in [-0.39, 0.29) is 0 Å². The molecule has 3 nitrogen and oxygen atoms in total. The van der Waals surface area contributed by atoms with Crippen LogP contribution in [0, 0.1) is 0 Å². The maximum Gasteiger partial charge on any atom is 0.259 e. The summed E-state index contributed by atoms with van der Waals surface area (Å²) < 4.78 is 4.53. The third-order valence-electron chi connectivity index (χ3n) is 0.580. The monoisotopic (exact) mass is 126 g/mol. The Balaban J connectivity index is 2.93. The van der Waals surface area contributed by atoms with Crippen LogP contribution in [0.15, 0.2) is 21.8 Å². The summed E-state index contributed by atoms with van der Waals surface area (Å²) in [7, 11) is 0. The van der Waals surface area contributed by atoms with Crippen molar-refractivity contribution in [3.8, 4) is 0 Å². The van der Waals surface area contributed by atoms with E-state index in [0.717, 1.165) is 0 Å². The quantitative estimate of drug-likeness (QED) is 0.421. The summed E-state index contributed by atoms with van der Waals surface area (Å²) in [6, 6.07) is 1.60. The summed E-state index contributed by atoms with van der Waals surface area (Å²) in [6.07, 6.45) is 1.49. The first-order chi connectivity index (χ1) is 3.93. The average Bonchev–Trinajstić information content (AvgIpc) is 2.19. The topological polar surface area (TPSA) is 38.4 Å². The van der Waals surface area contributed by atoms with Crippen molar-refractivity contribution in [3.63, 3.8) is 0 Å². The van der Waals surface area contributed by atoms with Crippen molar-refractivity contribution < 1.29 is 4.52 Å². The van der Waals surface area contributed by atoms with Crippen molar-refractivity contribution in [2.45, 2.75) is 0 Å². The maximum absolute atomic E-state index is 4.53. The molecule has 0 aliphatic carbocycles. The van der Waals surface area contributed by atoms with Crippen molar-refractivity contribution >= 4 is 23.3 Å². The molecule has 1 aromatic heterocycles. The highest BCUT2D eigenvalue weighted by atomic mass is 32.1. The van der Waals surface area contributed by atoms with Gasteiger partial charge in [0.1, 0.15) is 0 Å². The summed E-state index contributed by atoms with van der Waals surface area (Å²) in [5.41, 5.74) is 0. The van der Waals surface area contributed by atoms with Crippen LogP contribution in [0.4, 0.5) is 5.88 Å². The molecule has 0 bridgehead atoms. The van der Waals surface area contributed by atoms with Gasteiger partial charge in [-0.25, -0.2) is 0 Å². The third-order valence-corrected chi connectivity index (χ3v) is 0.671. The molecule has 0 unspecified atom stereocenters. The zero-order valence-corrected chi connectivity index (χ0v) is 4.68. The van der Waals surface area contributed by atoms with Crippen molar-refractivity contribution in [2.24, 2.45) is 4.99 Å². The number of aromatic nitrogens is 1. The van der Waals surface area contributed by atoms with Gasteiger partial charge in [-0.1, -0.05) is 5.16 Å². The molecule has 0 saturated carbocycles. The highest BCUT2D eigenvalue weighted by molar-refractivity contribution is 7.78. The Morgan fingerprint density at radius 1 is 1.88 bits per heavy atom. The predicted molar refractivity (Wildman–Crippen MR) is 31.2 cm³/mol. The molecule has 0 saturated heterocycles. The number of aliphatic imine (C=N–C) groups is 1. The van der Waals surface area contributed by atoms with Gasteiger partial charge in [0.25, 0.3) is 5.88 Å². The van der Waals surface area contributed by atoms with Crippen LogP contribution >= 0.6 is 12.2 Å². The summed E-state index contributed by atoms with van der Waals surface area (Å²) in [5.74, 6) is 0.389. The standard InChI is InChI=1S/C4H2N2OS/c8-3-5-4-1-2-6-7-4/h1-2H. The van der Waals surface area contributed by atoms with Gasteiger partial charge < -0.3 is 4.52 Å². The van der Waals surface area contributed by atoms with Crippen LogP contribution in [0.1, 0.15) is 0 Å². The van der Waals surface area contributed by atoms with E-state index in [4.69, 9.17) is 0 Å². The number of rotatable bonds is 1. The molecule has 0 N–H and O–H groups in total. The highest BCUT2D eigenvalue weighted by Gasteiger charge is 1.85. The first-order valence-electron chi connectivity index (χ1n) is 1.92. The number of hydrogen-bond donors (Lipinski definition) is 0. The lowest BCUT2D eigenvalue weighted by Gasteiger charge is -1.69. The number of hydrogen-bond acceptors (Lipinski definition) is 4. The first kappa shape index (κ1) is 5.15. The second-order valence-electron chi connectivity index (χ2n) is 1.05. The Hall–Kier alpha value is -0.990. The predicted octanol–water partition coefficient (Wildman–Crippen LogP) is 1.41. The molecule has 0 atom stereocenters. The fourth-order valence-corrected chi connectivity index (χ4v) is 0.402. The number of nitrogens with zero attached hydrogens (tertiary/aromatic N) is 2. The molecule has 0 aromatic carbocycles. The minimum absolute atomic E-state index is 0.389. The highest BCUT2D eigenvalue weighted by Crippen LogP contribution is 2.05. The summed E-state index contributed by atoms with van der Waals surface area (Å²) in [6.45, 7) is 0. The van der Waals surface area contributed by atoms with E-state index < -0.39 is 0 Å². The molecular weight excluding hydrogens is 124 g/mol. The van der Waals surface area contributed by atoms with Crippen LogP contribution in [0.2, 0.25) is 0 Å². The van der Waals surface area contributed by atoms with Crippen LogP contribution in [0.25, 0.3) is 0 Å². The van der Waals surface area contributed by atoms with Gasteiger partial charge in [0.2, 0.25) is 0 Å². The normalized spacial score (nSPS) is 8.00. The molecule has 1 heterocycles. The second-order valence-corrected chi connectivity index (χ2v) is 1.24. The molecular formula is C4H2N2OS. The van der Waals surface area contributed by atoms with Crippen molar-refractivity contribution in [1.82, 2.24) is 5.16 Å². The van der Waals surface area contributed by atoms with Gasteiger partial charge in [-0.2, -0.15) is 4.99 Å². The van der Waals surface area contributed by atoms with Gasteiger partial charge in [0.15, 0.2) is 0 Å². The molecule has 0 radical (unpaired) electrons. The Kier molecular flexibility index (Phi) is 1.51. The van der Waals surface area contributed by atoms with Crippen molar-refractivity contribution in [1.29, 1.82) is 0 Å². The van der Waals surface area contributed by atoms with Gasteiger partial charge in [0.05, 0.1) is 11.4 Å². The zero-order chi connectivity index (χ0) is 5.82. The molecule has 1 aromatic rings. The van der Waals surface area contributed by atoms with E-state index in [1.54, 1.807) is 6.07 Å². The summed E-state index contributed by atoms with van der Waals surface area (Å²) in [5, 5.41) is 5.53. The number of isothiocyanates is 1. The Labute approximate surface area is 51.0 Å². The van der Waals surface area contributed by atoms with E-state index in [2.05, 4.69) is 32.1 Å². The molecule has 1 rings (SSSR count). The van der Waals surface area contributed by atoms with Gasteiger partial charge in [-0.05, 0) is 12.2 Å². The number of thiocarbonyl (C=S) groups is 1. The second kappa shape index (κ2) is 2.35. The van der Waals surface area contributed by atoms with E-state index in [1.807, 2.05) is 0 Å². The van der Waals surface area contributed by atoms with Gasteiger partial charge in [-0.3, -0.25) is 0 Å². The molecule has 0 amide bonds. The van der Waals surface area contributed by atoms with Gasteiger partial charge >= 0.3 is 0 Å². The Morgan fingerprint density at radius 2 is 2.75 bits per heavy atom. The third kappa shape index (κ3) is 0.992. The van der Waals surface area contributed by atoms with Crippen LogP contribution in [0.5, 0.6) is 0 Å². The lowest BCUT2D eigenvalue weighted by Crippen LogP contribution is -1.47. The van der Waals surface area contributed by atoms with Crippen molar-refractivity contribution in [2.75, 3.05) is 0 Å². The van der Waals surface area contributed by atoms with Crippen LogP contribution in [0.3, 0.4) is 0 Å². The molecule has 0 aliphatic heterocycles. The van der Waals surface area contributed by atoms with E-state index >= 15 is 0 Å². The van der Waals surface area contributed by atoms with Crippen LogP contribution < -0.4 is 0 Å². The Morgan fingerprint density at radius 3 is 3.25 bits per heavy atom. The summed E-state index contributed by atoms with van der Waals surface area (Å²) in [4.78, 5) is 3.50. The molecule has 0 spiro atoms.